The molecule has 0 saturated heterocycles. The Morgan fingerprint density at radius 3 is 2.40 bits per heavy atom. The molecule has 154 valence electrons. The fraction of sp³-hybridized carbons (Fsp3) is 0.136. The molecule has 30 heavy (non-hydrogen) atoms. The van der Waals surface area contributed by atoms with E-state index in [0.717, 1.165) is 11.1 Å². The number of benzene rings is 3. The second-order valence-corrected chi connectivity index (χ2v) is 8.98. The quantitative estimate of drug-likeness (QED) is 0.605. The Labute approximate surface area is 179 Å². The molecule has 1 aliphatic heterocycles. The van der Waals surface area contributed by atoms with Crippen LogP contribution in [-0.4, -0.2) is 20.9 Å². The minimum atomic E-state index is -3.98. The number of carbonyl (C=O) groups is 1. The highest BCUT2D eigenvalue weighted by atomic mass is 35.5. The maximum Gasteiger partial charge on any atom is 0.262 e. The number of hydrogen-bond acceptors (Lipinski definition) is 4. The lowest BCUT2D eigenvalue weighted by molar-refractivity contribution is -0.118. The van der Waals surface area contributed by atoms with Gasteiger partial charge >= 0.3 is 0 Å². The number of halogens is 1. The summed E-state index contributed by atoms with van der Waals surface area (Å²) in [6.45, 7) is -0.178. The summed E-state index contributed by atoms with van der Waals surface area (Å²) >= 11 is 6.26. The number of nitrogens with one attached hydrogen (secondary N) is 2. The molecule has 1 heterocycles. The van der Waals surface area contributed by atoms with Gasteiger partial charge in [0.1, 0.15) is 10.6 Å². The van der Waals surface area contributed by atoms with Crippen LogP contribution in [-0.2, 0) is 21.2 Å². The van der Waals surface area contributed by atoms with Gasteiger partial charge in [0, 0.05) is 6.07 Å². The Kier molecular flexibility index (Phi) is 5.76. The summed E-state index contributed by atoms with van der Waals surface area (Å²) in [6.07, 6.45) is 0.471. The number of ether oxygens (including phenoxy) is 1. The number of fused-ring (bicyclic) bond motifs is 1. The van der Waals surface area contributed by atoms with E-state index in [4.69, 9.17) is 16.3 Å². The van der Waals surface area contributed by atoms with Crippen molar-refractivity contribution in [2.45, 2.75) is 17.4 Å². The Balaban J connectivity index is 1.68. The molecule has 2 N–H and O–H groups in total. The van der Waals surface area contributed by atoms with E-state index in [1.807, 2.05) is 60.7 Å². The third kappa shape index (κ3) is 4.48. The normalized spacial score (nSPS) is 14.4. The first-order valence-corrected chi connectivity index (χ1v) is 11.2. The predicted octanol–water partition coefficient (Wildman–Crippen LogP) is 3.93. The lowest BCUT2D eigenvalue weighted by Crippen LogP contribution is -2.31. The molecule has 4 rings (SSSR count). The van der Waals surface area contributed by atoms with Crippen LogP contribution in [0.1, 0.15) is 17.2 Å². The highest BCUT2D eigenvalue weighted by molar-refractivity contribution is 7.89. The highest BCUT2D eigenvalue weighted by Gasteiger charge is 2.27. The molecule has 0 fully saturated rings. The molecule has 1 aliphatic rings. The van der Waals surface area contributed by atoms with Crippen LogP contribution in [0, 0.1) is 0 Å². The molecule has 3 aromatic rings. The zero-order chi connectivity index (χ0) is 21.1. The van der Waals surface area contributed by atoms with E-state index >= 15 is 0 Å². The van der Waals surface area contributed by atoms with Crippen LogP contribution < -0.4 is 14.8 Å². The molecule has 3 aromatic carbocycles. The van der Waals surface area contributed by atoms with Crippen molar-refractivity contribution in [3.05, 3.63) is 88.9 Å². The van der Waals surface area contributed by atoms with Gasteiger partial charge in [-0.15, -0.1) is 0 Å². The van der Waals surface area contributed by atoms with Crippen molar-refractivity contribution < 1.29 is 17.9 Å². The van der Waals surface area contributed by atoms with Crippen molar-refractivity contribution in [1.29, 1.82) is 0 Å². The van der Waals surface area contributed by atoms with E-state index < -0.39 is 16.1 Å². The largest absolute Gasteiger partial charge is 0.482 e. The summed E-state index contributed by atoms with van der Waals surface area (Å²) in [6, 6.07) is 21.2. The maximum atomic E-state index is 13.2. The molecule has 0 spiro atoms. The molecule has 8 heteroatoms. The van der Waals surface area contributed by atoms with Crippen molar-refractivity contribution in [2.24, 2.45) is 0 Å². The molecular weight excluding hydrogens is 424 g/mol. The van der Waals surface area contributed by atoms with Gasteiger partial charge in [0.25, 0.3) is 5.91 Å². The van der Waals surface area contributed by atoms with Gasteiger partial charge in [0.05, 0.1) is 16.8 Å². The summed E-state index contributed by atoms with van der Waals surface area (Å²) in [5, 5.41) is 2.61. The van der Waals surface area contributed by atoms with Crippen molar-refractivity contribution in [1.82, 2.24) is 4.72 Å². The fourth-order valence-electron chi connectivity index (χ4n) is 3.30. The molecule has 0 aliphatic carbocycles. The van der Waals surface area contributed by atoms with E-state index in [9.17, 15) is 13.2 Å². The van der Waals surface area contributed by atoms with Crippen molar-refractivity contribution in [3.63, 3.8) is 0 Å². The zero-order valence-electron chi connectivity index (χ0n) is 15.8. The average Bonchev–Trinajstić information content (AvgIpc) is 2.74. The van der Waals surface area contributed by atoms with Crippen LogP contribution in [0.5, 0.6) is 5.75 Å². The molecule has 0 saturated carbocycles. The van der Waals surface area contributed by atoms with Gasteiger partial charge in [0.15, 0.2) is 6.61 Å². The molecule has 0 bridgehead atoms. The SMILES string of the molecule is O=C1COc2cc(S(=O)(=O)N[C@H](Cc3ccccc3)c3ccccc3)c(Cl)cc2N1. The Morgan fingerprint density at radius 2 is 1.70 bits per heavy atom. The smallest absolute Gasteiger partial charge is 0.262 e. The number of sulfonamides is 1. The van der Waals surface area contributed by atoms with Crippen LogP contribution in [0.25, 0.3) is 0 Å². The monoisotopic (exact) mass is 442 g/mol. The number of rotatable bonds is 6. The number of hydrogen-bond donors (Lipinski definition) is 2. The third-order valence-corrected chi connectivity index (χ3v) is 6.67. The van der Waals surface area contributed by atoms with Crippen molar-refractivity contribution >= 4 is 33.2 Å². The predicted molar refractivity (Wildman–Crippen MR) is 115 cm³/mol. The minimum absolute atomic E-state index is 0.00132. The van der Waals surface area contributed by atoms with E-state index in [1.165, 1.54) is 12.1 Å². The zero-order valence-corrected chi connectivity index (χ0v) is 17.4. The molecule has 0 aromatic heterocycles. The average molecular weight is 443 g/mol. The number of anilines is 1. The summed E-state index contributed by atoms with van der Waals surface area (Å²) in [7, 11) is -3.98. The van der Waals surface area contributed by atoms with Gasteiger partial charge in [-0.1, -0.05) is 72.3 Å². The molecular formula is C22H19ClN2O4S. The summed E-state index contributed by atoms with van der Waals surface area (Å²) < 4.78 is 34.6. The van der Waals surface area contributed by atoms with Gasteiger partial charge in [-0.25, -0.2) is 13.1 Å². The van der Waals surface area contributed by atoms with Gasteiger partial charge in [-0.3, -0.25) is 4.79 Å². The summed E-state index contributed by atoms with van der Waals surface area (Å²) in [5.74, 6) is -0.0574. The summed E-state index contributed by atoms with van der Waals surface area (Å²) in [4.78, 5) is 11.4. The molecule has 0 radical (unpaired) electrons. The lowest BCUT2D eigenvalue weighted by atomic mass is 10.00. The first-order valence-electron chi connectivity index (χ1n) is 9.30. The molecule has 6 nitrogen and oxygen atoms in total. The highest BCUT2D eigenvalue weighted by Crippen LogP contribution is 2.36. The van der Waals surface area contributed by atoms with Gasteiger partial charge in [0.2, 0.25) is 10.0 Å². The Hall–Kier alpha value is -2.87. The fourth-order valence-corrected chi connectivity index (χ4v) is 5.07. The second-order valence-electron chi connectivity index (χ2n) is 6.89. The summed E-state index contributed by atoms with van der Waals surface area (Å²) in [5.41, 5.74) is 2.18. The number of amides is 1. The van der Waals surface area contributed by atoms with Crippen LogP contribution in [0.4, 0.5) is 5.69 Å². The first-order chi connectivity index (χ1) is 14.4. The van der Waals surface area contributed by atoms with Gasteiger partial charge < -0.3 is 10.1 Å². The maximum absolute atomic E-state index is 13.2. The standard InChI is InChI=1S/C22H19ClN2O4S/c23-17-12-19-20(29-14-22(26)24-19)13-21(17)30(27,28)25-18(16-9-5-2-6-10-16)11-15-7-3-1-4-8-15/h1-10,12-13,18,25H,11,14H2,(H,24,26)/t18-/m1/s1. The van der Waals surface area contributed by atoms with Crippen LogP contribution >= 0.6 is 11.6 Å². The van der Waals surface area contributed by atoms with Gasteiger partial charge in [-0.2, -0.15) is 0 Å². The molecule has 1 atom stereocenters. The van der Waals surface area contributed by atoms with Crippen LogP contribution in [0.15, 0.2) is 77.7 Å². The van der Waals surface area contributed by atoms with Crippen molar-refractivity contribution in [2.75, 3.05) is 11.9 Å². The Morgan fingerprint density at radius 1 is 1.03 bits per heavy atom. The molecule has 1 amide bonds. The number of carbonyl (C=O) groups excluding carboxylic acids is 1. The molecule has 0 unspecified atom stereocenters. The second kappa shape index (κ2) is 8.47. The minimum Gasteiger partial charge on any atom is -0.482 e. The topological polar surface area (TPSA) is 84.5 Å². The van der Waals surface area contributed by atoms with E-state index in [-0.39, 0.29) is 28.2 Å². The van der Waals surface area contributed by atoms with E-state index in [2.05, 4.69) is 10.0 Å². The Bertz CT molecular complexity index is 1170. The third-order valence-electron chi connectivity index (χ3n) is 4.74. The van der Waals surface area contributed by atoms with Crippen molar-refractivity contribution in [3.8, 4) is 5.75 Å². The van der Waals surface area contributed by atoms with Gasteiger partial charge in [-0.05, 0) is 23.6 Å². The van der Waals surface area contributed by atoms with Crippen LogP contribution in [0.2, 0.25) is 5.02 Å². The first kappa shape index (κ1) is 20.4. The lowest BCUT2D eigenvalue weighted by Gasteiger charge is -2.22. The van der Waals surface area contributed by atoms with E-state index in [1.54, 1.807) is 0 Å². The van der Waals surface area contributed by atoms with Crippen LogP contribution in [0.3, 0.4) is 0 Å². The van der Waals surface area contributed by atoms with E-state index in [0.29, 0.717) is 12.1 Å².